The summed E-state index contributed by atoms with van der Waals surface area (Å²) < 4.78 is 10.2. The van der Waals surface area contributed by atoms with E-state index in [-0.39, 0.29) is 23.8 Å². The van der Waals surface area contributed by atoms with E-state index in [0.29, 0.717) is 0 Å². The first-order valence-corrected chi connectivity index (χ1v) is 5.27. The van der Waals surface area contributed by atoms with E-state index in [2.05, 4.69) is 0 Å². The smallest absolute Gasteiger partial charge is 0.481 e. The lowest BCUT2D eigenvalue weighted by atomic mass is 9.68. The Morgan fingerprint density at radius 2 is 2.12 bits per heavy atom. The van der Waals surface area contributed by atoms with Crippen LogP contribution in [-0.4, -0.2) is 35.3 Å². The average Bonchev–Trinajstić information content (AvgIpc) is 2.39. The van der Waals surface area contributed by atoms with Gasteiger partial charge in [-0.05, 0) is 20.8 Å². The maximum absolute atomic E-state index is 11.6. The lowest BCUT2D eigenvalue weighted by Gasteiger charge is -2.24. The number of rotatable bonds is 3. The fourth-order valence-electron chi connectivity index (χ4n) is 1.68. The molecule has 0 bridgehead atoms. The summed E-state index contributed by atoms with van der Waals surface area (Å²) in [4.78, 5) is 11.6. The summed E-state index contributed by atoms with van der Waals surface area (Å²) in [6, 6.07) is 0. The van der Waals surface area contributed by atoms with Gasteiger partial charge in [0.15, 0.2) is 0 Å². The summed E-state index contributed by atoms with van der Waals surface area (Å²) in [5.41, 5.74) is -0.454. The van der Waals surface area contributed by atoms with Crippen LogP contribution in [0.4, 0.5) is 0 Å². The Balaban J connectivity index is 3.06. The molecule has 0 fully saturated rings. The van der Waals surface area contributed by atoms with Crippen LogP contribution in [-0.2, 0) is 14.3 Å². The van der Waals surface area contributed by atoms with Crippen LogP contribution in [0.15, 0.2) is 11.2 Å². The summed E-state index contributed by atoms with van der Waals surface area (Å²) in [5.74, 6) is -0.982. The fraction of sp³-hybridized carbons (Fsp3) is 0.700. The van der Waals surface area contributed by atoms with Crippen LogP contribution in [0.25, 0.3) is 0 Å². The van der Waals surface area contributed by atoms with Crippen LogP contribution in [0.2, 0.25) is 0 Å². The number of carbonyl (C=O) groups is 1. The van der Waals surface area contributed by atoms with Crippen molar-refractivity contribution in [3.63, 3.8) is 0 Å². The minimum Gasteiger partial charge on any atom is -0.481 e. The van der Waals surface area contributed by atoms with E-state index in [1.807, 2.05) is 0 Å². The fourth-order valence-corrected chi connectivity index (χ4v) is 1.68. The van der Waals surface area contributed by atoms with E-state index in [0.717, 1.165) is 0 Å². The van der Waals surface area contributed by atoms with E-state index in [4.69, 9.17) is 9.47 Å². The van der Waals surface area contributed by atoms with Gasteiger partial charge in [0.1, 0.15) is 5.60 Å². The Morgan fingerprint density at radius 1 is 1.56 bits per heavy atom. The molecule has 0 aromatic rings. The van der Waals surface area contributed by atoms with E-state index in [9.17, 15) is 14.8 Å². The molecule has 0 spiro atoms. The second-order valence-electron chi connectivity index (χ2n) is 4.31. The van der Waals surface area contributed by atoms with Crippen molar-refractivity contribution in [1.29, 1.82) is 0 Å². The summed E-state index contributed by atoms with van der Waals surface area (Å²) in [7, 11) is -1.70. The Bertz CT molecular complexity index is 321. The molecule has 0 aliphatic carbocycles. The van der Waals surface area contributed by atoms with Gasteiger partial charge in [0, 0.05) is 11.4 Å². The number of hydrogen-bond acceptors (Lipinski definition) is 5. The molecule has 1 rings (SSSR count). The molecule has 1 atom stereocenters. The molecule has 6 heteroatoms. The number of carbonyl (C=O) groups excluding carboxylic acids is 1. The normalized spacial score (nSPS) is 23.0. The summed E-state index contributed by atoms with van der Waals surface area (Å²) in [6.45, 7) is 7.24. The highest BCUT2D eigenvalue weighted by atomic mass is 16.6. The van der Waals surface area contributed by atoms with Crippen LogP contribution in [0.5, 0.6) is 0 Å². The highest BCUT2D eigenvalue weighted by Gasteiger charge is 2.46. The molecule has 1 aliphatic rings. The predicted octanol–water partition coefficient (Wildman–Crippen LogP) is 0.260. The minimum atomic E-state index is -1.70. The molecule has 0 saturated heterocycles. The zero-order valence-electron chi connectivity index (χ0n) is 9.98. The summed E-state index contributed by atoms with van der Waals surface area (Å²) in [5, 5.41) is 18.5. The van der Waals surface area contributed by atoms with E-state index < -0.39 is 18.7 Å². The van der Waals surface area contributed by atoms with E-state index >= 15 is 0 Å². The third kappa shape index (κ3) is 2.22. The number of hydrogen-bond donors (Lipinski definition) is 2. The van der Waals surface area contributed by atoms with E-state index in [1.165, 1.54) is 0 Å². The molecule has 16 heavy (non-hydrogen) atoms. The molecule has 0 saturated carbocycles. The first-order chi connectivity index (χ1) is 7.31. The van der Waals surface area contributed by atoms with Crippen molar-refractivity contribution in [2.75, 3.05) is 6.61 Å². The van der Waals surface area contributed by atoms with Crippen LogP contribution < -0.4 is 0 Å². The van der Waals surface area contributed by atoms with Crippen molar-refractivity contribution >= 4 is 13.1 Å². The van der Waals surface area contributed by atoms with Gasteiger partial charge >= 0.3 is 13.1 Å². The summed E-state index contributed by atoms with van der Waals surface area (Å²) in [6.07, 6.45) is 0. The highest BCUT2D eigenvalue weighted by Crippen LogP contribution is 2.39. The Labute approximate surface area is 95.2 Å². The van der Waals surface area contributed by atoms with Crippen LogP contribution >= 0.6 is 0 Å². The maximum atomic E-state index is 11.6. The molecule has 0 radical (unpaired) electrons. The van der Waals surface area contributed by atoms with Gasteiger partial charge in [0.05, 0.1) is 6.61 Å². The maximum Gasteiger partial charge on any atom is 0.488 e. The number of esters is 1. The second kappa shape index (κ2) is 4.47. The van der Waals surface area contributed by atoms with Crippen LogP contribution in [0.1, 0.15) is 27.7 Å². The van der Waals surface area contributed by atoms with Gasteiger partial charge in [-0.3, -0.25) is 0 Å². The monoisotopic (exact) mass is 228 g/mol. The molecule has 1 heterocycles. The van der Waals surface area contributed by atoms with Crippen molar-refractivity contribution in [2.45, 2.75) is 33.3 Å². The summed E-state index contributed by atoms with van der Waals surface area (Å²) >= 11 is 0. The average molecular weight is 228 g/mol. The second-order valence-corrected chi connectivity index (χ2v) is 4.31. The largest absolute Gasteiger partial charge is 0.488 e. The van der Waals surface area contributed by atoms with Crippen molar-refractivity contribution in [2.24, 2.45) is 5.92 Å². The van der Waals surface area contributed by atoms with Gasteiger partial charge in [-0.1, -0.05) is 6.92 Å². The third-order valence-electron chi connectivity index (χ3n) is 2.88. The molecule has 0 aromatic carbocycles. The molecule has 5 nitrogen and oxygen atoms in total. The first kappa shape index (κ1) is 13.1. The predicted molar refractivity (Wildman–Crippen MR) is 58.2 cm³/mol. The van der Waals surface area contributed by atoms with Crippen molar-refractivity contribution in [3.05, 3.63) is 11.2 Å². The standard InChI is InChI=1S/C10H17BO5/c1-5-15-9(12)8-7(11(13)14)6(2)10(3,4)16-8/h6,13-14H,5H2,1-4H3/t6-/m0/s1. The van der Waals surface area contributed by atoms with Gasteiger partial charge in [0.25, 0.3) is 0 Å². The zero-order chi connectivity index (χ0) is 12.5. The molecule has 1 aliphatic heterocycles. The highest BCUT2D eigenvalue weighted by molar-refractivity contribution is 6.52. The van der Waals surface area contributed by atoms with E-state index in [1.54, 1.807) is 27.7 Å². The Morgan fingerprint density at radius 3 is 2.56 bits per heavy atom. The van der Waals surface area contributed by atoms with Crippen LogP contribution in [0, 0.1) is 5.92 Å². The Hall–Kier alpha value is -1.01. The zero-order valence-corrected chi connectivity index (χ0v) is 9.98. The van der Waals surface area contributed by atoms with Crippen LogP contribution in [0.3, 0.4) is 0 Å². The molecular formula is C10H17BO5. The molecule has 0 amide bonds. The van der Waals surface area contributed by atoms with Crippen molar-refractivity contribution in [3.8, 4) is 0 Å². The number of ether oxygens (including phenoxy) is 2. The quantitative estimate of drug-likeness (QED) is 0.535. The minimum absolute atomic E-state index is 0.0747. The van der Waals surface area contributed by atoms with Crippen molar-refractivity contribution in [1.82, 2.24) is 0 Å². The molecule has 0 unspecified atom stereocenters. The topological polar surface area (TPSA) is 76.0 Å². The van der Waals surface area contributed by atoms with Gasteiger partial charge in [-0.2, -0.15) is 0 Å². The van der Waals surface area contributed by atoms with Gasteiger partial charge < -0.3 is 19.5 Å². The Kier molecular flexibility index (Phi) is 3.65. The lowest BCUT2D eigenvalue weighted by molar-refractivity contribution is -0.144. The molecule has 90 valence electrons. The molecular weight excluding hydrogens is 211 g/mol. The SMILES string of the molecule is CCOC(=O)C1=C(B(O)O)[C@H](C)C(C)(C)O1. The van der Waals surface area contributed by atoms with Crippen molar-refractivity contribution < 1.29 is 24.3 Å². The van der Waals surface area contributed by atoms with Gasteiger partial charge in [-0.15, -0.1) is 0 Å². The lowest BCUT2D eigenvalue weighted by Crippen LogP contribution is -2.31. The van der Waals surface area contributed by atoms with Gasteiger partial charge in [-0.25, -0.2) is 4.79 Å². The first-order valence-electron chi connectivity index (χ1n) is 5.27. The molecule has 2 N–H and O–H groups in total. The molecule has 0 aromatic heterocycles. The third-order valence-corrected chi connectivity index (χ3v) is 2.88. The van der Waals surface area contributed by atoms with Gasteiger partial charge in [0.2, 0.25) is 5.76 Å².